The number of benzene rings is 1. The maximum atomic E-state index is 12.7. The normalized spacial score (nSPS) is 12.1. The molecule has 0 aliphatic heterocycles. The molecule has 2 heterocycles. The molecule has 0 saturated carbocycles. The highest BCUT2D eigenvalue weighted by molar-refractivity contribution is 7.10. The summed E-state index contributed by atoms with van der Waals surface area (Å²) in [5.74, 6) is -0.111. The molecule has 0 spiro atoms. The van der Waals surface area contributed by atoms with E-state index >= 15 is 0 Å². The fourth-order valence-corrected chi connectivity index (χ4v) is 3.98. The number of aromatic nitrogens is 2. The number of rotatable bonds is 6. The Morgan fingerprint density at radius 1 is 1.17 bits per heavy atom. The van der Waals surface area contributed by atoms with Crippen LogP contribution in [0.1, 0.15) is 51.3 Å². The summed E-state index contributed by atoms with van der Waals surface area (Å²) in [6.45, 7) is 4.12. The van der Waals surface area contributed by atoms with Crippen LogP contribution in [0.4, 0.5) is 0 Å². The van der Waals surface area contributed by atoms with Crippen molar-refractivity contribution in [2.75, 3.05) is 0 Å². The summed E-state index contributed by atoms with van der Waals surface area (Å²) >= 11 is 2.80. The fraction of sp³-hybridized carbons (Fsp3) is 0.278. The Bertz CT molecular complexity index is 794. The highest BCUT2D eigenvalue weighted by Gasteiger charge is 2.22. The van der Waals surface area contributed by atoms with Crippen LogP contribution < -0.4 is 5.32 Å². The highest BCUT2D eigenvalue weighted by atomic mass is 32.1. The first-order valence-electron chi connectivity index (χ1n) is 7.97. The summed E-state index contributed by atoms with van der Waals surface area (Å²) in [6, 6.07) is 12.3. The molecule has 24 heavy (non-hydrogen) atoms. The third-order valence-corrected chi connectivity index (χ3v) is 5.63. The van der Waals surface area contributed by atoms with E-state index in [4.69, 9.17) is 0 Å². The van der Waals surface area contributed by atoms with Crippen LogP contribution in [0.2, 0.25) is 0 Å². The molecule has 0 fully saturated rings. The van der Waals surface area contributed by atoms with Crippen molar-refractivity contribution in [1.29, 1.82) is 0 Å². The first kappa shape index (κ1) is 16.8. The Hall–Kier alpha value is -2.05. The molecule has 6 heteroatoms. The van der Waals surface area contributed by atoms with E-state index in [2.05, 4.69) is 52.2 Å². The Morgan fingerprint density at radius 3 is 2.58 bits per heavy atom. The average Bonchev–Trinajstić information content (AvgIpc) is 3.30. The number of nitrogens with zero attached hydrogens (tertiary/aromatic N) is 2. The van der Waals surface area contributed by atoms with Gasteiger partial charge in [0.1, 0.15) is 4.88 Å². The summed E-state index contributed by atoms with van der Waals surface area (Å²) in [4.78, 5) is 14.4. The van der Waals surface area contributed by atoms with Crippen LogP contribution in [0.5, 0.6) is 0 Å². The molecule has 1 aromatic carbocycles. The van der Waals surface area contributed by atoms with Gasteiger partial charge in [-0.15, -0.1) is 16.4 Å². The van der Waals surface area contributed by atoms with E-state index in [0.717, 1.165) is 34.1 Å². The molecule has 1 atom stereocenters. The zero-order chi connectivity index (χ0) is 16.9. The molecule has 0 aliphatic carbocycles. The zero-order valence-electron chi connectivity index (χ0n) is 13.7. The van der Waals surface area contributed by atoms with E-state index in [1.165, 1.54) is 5.56 Å². The number of nitrogens with one attached hydrogen (secondary N) is 1. The standard InChI is InChI=1S/C18H19N3OS2/c1-3-12-7-9-13(10-8-12)16(15-6-5-11-23-15)19-18(22)17-14(4-2)20-21-24-17/h5-11,16H,3-4H2,1-2H3,(H,19,22). The van der Waals surface area contributed by atoms with Gasteiger partial charge in [-0.2, -0.15) is 0 Å². The second-order valence-electron chi connectivity index (χ2n) is 5.42. The molecule has 124 valence electrons. The predicted octanol–water partition coefficient (Wildman–Crippen LogP) is 4.24. The van der Waals surface area contributed by atoms with Crippen LogP contribution in [-0.4, -0.2) is 15.5 Å². The van der Waals surface area contributed by atoms with Crippen molar-refractivity contribution in [1.82, 2.24) is 14.9 Å². The predicted molar refractivity (Wildman–Crippen MR) is 98.7 cm³/mol. The Labute approximate surface area is 149 Å². The number of thiophene rings is 1. The van der Waals surface area contributed by atoms with Gasteiger partial charge in [0.05, 0.1) is 11.7 Å². The molecule has 1 N–H and O–H groups in total. The quantitative estimate of drug-likeness (QED) is 0.718. The topological polar surface area (TPSA) is 54.9 Å². The van der Waals surface area contributed by atoms with E-state index in [1.54, 1.807) is 11.3 Å². The highest BCUT2D eigenvalue weighted by Crippen LogP contribution is 2.27. The molecule has 4 nitrogen and oxygen atoms in total. The third-order valence-electron chi connectivity index (χ3n) is 3.92. The smallest absolute Gasteiger partial charge is 0.265 e. The maximum absolute atomic E-state index is 12.7. The lowest BCUT2D eigenvalue weighted by molar-refractivity contribution is 0.0946. The zero-order valence-corrected chi connectivity index (χ0v) is 15.3. The minimum Gasteiger partial charge on any atom is -0.339 e. The molecular weight excluding hydrogens is 338 g/mol. The number of aryl methyl sites for hydroxylation is 2. The van der Waals surface area contributed by atoms with E-state index in [0.29, 0.717) is 11.3 Å². The van der Waals surface area contributed by atoms with Gasteiger partial charge in [0.15, 0.2) is 0 Å². The lowest BCUT2D eigenvalue weighted by Gasteiger charge is -2.18. The first-order valence-corrected chi connectivity index (χ1v) is 9.62. The van der Waals surface area contributed by atoms with Gasteiger partial charge in [-0.3, -0.25) is 4.79 Å². The second-order valence-corrected chi connectivity index (χ2v) is 7.15. The van der Waals surface area contributed by atoms with Crippen molar-refractivity contribution in [2.24, 2.45) is 0 Å². The summed E-state index contributed by atoms with van der Waals surface area (Å²) in [5, 5.41) is 9.21. The number of amides is 1. The molecule has 3 rings (SSSR count). The lowest BCUT2D eigenvalue weighted by atomic mass is 10.0. The number of carbonyl (C=O) groups excluding carboxylic acids is 1. The third kappa shape index (κ3) is 3.55. The summed E-state index contributed by atoms with van der Waals surface area (Å²) in [7, 11) is 0. The molecule has 2 aromatic heterocycles. The monoisotopic (exact) mass is 357 g/mol. The van der Waals surface area contributed by atoms with Crippen molar-refractivity contribution in [3.63, 3.8) is 0 Å². The van der Waals surface area contributed by atoms with Crippen LogP contribution in [0, 0.1) is 0 Å². The van der Waals surface area contributed by atoms with Gasteiger partial charge in [-0.25, -0.2) is 0 Å². The molecule has 1 amide bonds. The van der Waals surface area contributed by atoms with Crippen LogP contribution >= 0.6 is 22.9 Å². The fourth-order valence-electron chi connectivity index (χ4n) is 2.53. The van der Waals surface area contributed by atoms with Gasteiger partial charge in [0, 0.05) is 4.88 Å². The van der Waals surface area contributed by atoms with Crippen molar-refractivity contribution < 1.29 is 4.79 Å². The molecule has 0 saturated heterocycles. The molecule has 1 unspecified atom stereocenters. The van der Waals surface area contributed by atoms with Gasteiger partial charge < -0.3 is 5.32 Å². The Kier molecular flexibility index (Phi) is 5.37. The van der Waals surface area contributed by atoms with E-state index in [9.17, 15) is 4.79 Å². The lowest BCUT2D eigenvalue weighted by Crippen LogP contribution is -2.28. The minimum atomic E-state index is -0.157. The molecule has 0 aliphatic rings. The van der Waals surface area contributed by atoms with Gasteiger partial charge >= 0.3 is 0 Å². The van der Waals surface area contributed by atoms with Crippen molar-refractivity contribution >= 4 is 28.8 Å². The number of hydrogen-bond donors (Lipinski definition) is 1. The summed E-state index contributed by atoms with van der Waals surface area (Å²) in [6.07, 6.45) is 1.71. The SMILES string of the molecule is CCc1ccc(C(NC(=O)c2snnc2CC)c2cccs2)cc1. The molecular formula is C18H19N3OS2. The van der Waals surface area contributed by atoms with E-state index in [-0.39, 0.29) is 11.9 Å². The average molecular weight is 358 g/mol. The van der Waals surface area contributed by atoms with Gasteiger partial charge in [0.2, 0.25) is 0 Å². The van der Waals surface area contributed by atoms with Gasteiger partial charge in [-0.1, -0.05) is 48.7 Å². The van der Waals surface area contributed by atoms with Gasteiger partial charge in [0.25, 0.3) is 5.91 Å². The molecule has 0 radical (unpaired) electrons. The summed E-state index contributed by atoms with van der Waals surface area (Å²) < 4.78 is 3.91. The van der Waals surface area contributed by atoms with Crippen molar-refractivity contribution in [3.8, 4) is 0 Å². The summed E-state index contributed by atoms with van der Waals surface area (Å²) in [5.41, 5.74) is 3.12. The second kappa shape index (κ2) is 7.68. The van der Waals surface area contributed by atoms with E-state index < -0.39 is 0 Å². The minimum absolute atomic E-state index is 0.111. The van der Waals surface area contributed by atoms with E-state index in [1.807, 2.05) is 18.4 Å². The van der Waals surface area contributed by atoms with Gasteiger partial charge in [-0.05, 0) is 46.9 Å². The molecule has 3 aromatic rings. The van der Waals surface area contributed by atoms with Crippen LogP contribution in [0.3, 0.4) is 0 Å². The Morgan fingerprint density at radius 2 is 1.96 bits per heavy atom. The van der Waals surface area contributed by atoms with Crippen molar-refractivity contribution in [3.05, 3.63) is 68.4 Å². The maximum Gasteiger partial charge on any atom is 0.265 e. The number of carbonyl (C=O) groups is 1. The number of hydrogen-bond acceptors (Lipinski definition) is 5. The van der Waals surface area contributed by atoms with Crippen LogP contribution in [0.15, 0.2) is 41.8 Å². The van der Waals surface area contributed by atoms with Crippen LogP contribution in [0.25, 0.3) is 0 Å². The van der Waals surface area contributed by atoms with Crippen molar-refractivity contribution in [2.45, 2.75) is 32.7 Å². The largest absolute Gasteiger partial charge is 0.339 e. The molecule has 0 bridgehead atoms. The first-order chi connectivity index (χ1) is 11.7. The van der Waals surface area contributed by atoms with Crippen LogP contribution in [-0.2, 0) is 12.8 Å². The Balaban J connectivity index is 1.89.